The van der Waals surface area contributed by atoms with Crippen LogP contribution in [0.5, 0.6) is 0 Å². The monoisotopic (exact) mass is 301 g/mol. The second kappa shape index (κ2) is 4.97. The fourth-order valence-corrected chi connectivity index (χ4v) is 4.84. The van der Waals surface area contributed by atoms with Crippen LogP contribution in [0.3, 0.4) is 0 Å². The maximum Gasteiger partial charge on any atom is 0.183 e. The van der Waals surface area contributed by atoms with E-state index in [1.807, 2.05) is 44.2 Å². The lowest BCUT2D eigenvalue weighted by molar-refractivity contribution is 0.565. The molecule has 0 fully saturated rings. The topological polar surface area (TPSA) is 60.2 Å². The number of fused-ring (bicyclic) bond motifs is 1. The van der Waals surface area contributed by atoms with Crippen LogP contribution in [0.4, 0.5) is 0 Å². The molecule has 1 aliphatic rings. The predicted molar refractivity (Wildman–Crippen MR) is 84.0 cm³/mol. The van der Waals surface area contributed by atoms with Gasteiger partial charge in [-0.3, -0.25) is 0 Å². The maximum atomic E-state index is 12.9. The van der Waals surface area contributed by atoms with Gasteiger partial charge < -0.3 is 5.73 Å². The Kier molecular flexibility index (Phi) is 3.38. The van der Waals surface area contributed by atoms with Crippen LogP contribution >= 0.6 is 0 Å². The molecule has 0 spiro atoms. The van der Waals surface area contributed by atoms with Crippen molar-refractivity contribution in [3.05, 3.63) is 64.7 Å². The second-order valence-corrected chi connectivity index (χ2v) is 7.93. The van der Waals surface area contributed by atoms with Gasteiger partial charge in [0.15, 0.2) is 9.84 Å². The molecule has 2 N–H and O–H groups in total. The lowest BCUT2D eigenvalue weighted by Gasteiger charge is -2.17. The number of benzene rings is 2. The van der Waals surface area contributed by atoms with Crippen molar-refractivity contribution >= 4 is 9.84 Å². The molecule has 110 valence electrons. The molecule has 0 heterocycles. The van der Waals surface area contributed by atoms with Gasteiger partial charge in [0.1, 0.15) is 0 Å². The average Bonchev–Trinajstić information content (AvgIpc) is 2.80. The van der Waals surface area contributed by atoms with Crippen molar-refractivity contribution in [2.24, 2.45) is 5.73 Å². The highest BCUT2D eigenvalue weighted by atomic mass is 32.2. The van der Waals surface area contributed by atoms with E-state index in [1.165, 1.54) is 0 Å². The Hall–Kier alpha value is -1.65. The number of hydrogen-bond donors (Lipinski definition) is 1. The van der Waals surface area contributed by atoms with E-state index in [0.29, 0.717) is 11.3 Å². The van der Waals surface area contributed by atoms with Gasteiger partial charge >= 0.3 is 0 Å². The zero-order chi connectivity index (χ0) is 15.2. The van der Waals surface area contributed by atoms with Crippen LogP contribution in [0, 0.1) is 13.8 Å². The molecule has 21 heavy (non-hydrogen) atoms. The second-order valence-electron chi connectivity index (χ2n) is 5.76. The summed E-state index contributed by atoms with van der Waals surface area (Å²) in [5, 5.41) is -0.572. The third-order valence-corrected chi connectivity index (χ3v) is 6.61. The van der Waals surface area contributed by atoms with E-state index < -0.39 is 21.1 Å². The van der Waals surface area contributed by atoms with Gasteiger partial charge in [0.25, 0.3) is 0 Å². The first kappa shape index (κ1) is 14.3. The van der Waals surface area contributed by atoms with Gasteiger partial charge in [0.2, 0.25) is 0 Å². The summed E-state index contributed by atoms with van der Waals surface area (Å²) in [5.41, 5.74) is 10.3. The van der Waals surface area contributed by atoms with E-state index in [-0.39, 0.29) is 0 Å². The minimum absolute atomic E-state index is 0.374. The molecule has 0 aromatic heterocycles. The van der Waals surface area contributed by atoms with Crippen molar-refractivity contribution in [1.29, 1.82) is 0 Å². The minimum Gasteiger partial charge on any atom is -0.323 e. The third kappa shape index (κ3) is 2.28. The van der Waals surface area contributed by atoms with Gasteiger partial charge in [-0.15, -0.1) is 0 Å². The molecule has 0 bridgehead atoms. The van der Waals surface area contributed by atoms with Gasteiger partial charge in [-0.05, 0) is 54.7 Å². The molecule has 0 aliphatic heterocycles. The standard InChI is InChI=1S/C17H19NO2S/c1-11-7-8-14(9-12(11)2)21(19,20)16-10-13-5-3-4-6-15(13)17(16)18/h3-9,16-17H,10,18H2,1-2H3. The Balaban J connectivity index is 2.02. The Bertz CT molecular complexity index is 796. The Morgan fingerprint density at radius 1 is 1.05 bits per heavy atom. The van der Waals surface area contributed by atoms with E-state index in [4.69, 9.17) is 5.73 Å². The highest BCUT2D eigenvalue weighted by Gasteiger charge is 2.39. The highest BCUT2D eigenvalue weighted by molar-refractivity contribution is 7.92. The molecule has 2 unspecified atom stereocenters. The van der Waals surface area contributed by atoms with E-state index in [0.717, 1.165) is 22.3 Å². The zero-order valence-electron chi connectivity index (χ0n) is 12.2. The van der Waals surface area contributed by atoms with Crippen LogP contribution in [0.1, 0.15) is 28.3 Å². The third-order valence-electron chi connectivity index (χ3n) is 4.44. The lowest BCUT2D eigenvalue weighted by atomic mass is 10.1. The van der Waals surface area contributed by atoms with Crippen LogP contribution in [-0.2, 0) is 16.3 Å². The van der Waals surface area contributed by atoms with Crippen molar-refractivity contribution < 1.29 is 8.42 Å². The number of hydrogen-bond acceptors (Lipinski definition) is 3. The summed E-state index contributed by atoms with van der Waals surface area (Å²) in [4.78, 5) is 0.374. The molecule has 0 amide bonds. The van der Waals surface area contributed by atoms with Gasteiger partial charge in [0.05, 0.1) is 10.1 Å². The highest BCUT2D eigenvalue weighted by Crippen LogP contribution is 2.36. The van der Waals surface area contributed by atoms with Gasteiger partial charge in [-0.25, -0.2) is 8.42 Å². The number of rotatable bonds is 2. The fourth-order valence-electron chi connectivity index (χ4n) is 2.96. The van der Waals surface area contributed by atoms with Gasteiger partial charge in [-0.1, -0.05) is 30.3 Å². The summed E-state index contributed by atoms with van der Waals surface area (Å²) in [6.07, 6.45) is 0.493. The molecule has 0 radical (unpaired) electrons. The number of sulfone groups is 1. The van der Waals surface area contributed by atoms with Crippen LogP contribution in [0.15, 0.2) is 47.4 Å². The molecule has 2 aromatic carbocycles. The fraction of sp³-hybridized carbons (Fsp3) is 0.294. The predicted octanol–water partition coefficient (Wildman–Crippen LogP) is 2.70. The molecule has 0 saturated heterocycles. The normalized spacial score (nSPS) is 21.3. The van der Waals surface area contributed by atoms with Crippen LogP contribution < -0.4 is 5.73 Å². The first-order valence-electron chi connectivity index (χ1n) is 7.06. The summed E-state index contributed by atoms with van der Waals surface area (Å²) in [6, 6.07) is 12.6. The lowest BCUT2D eigenvalue weighted by Crippen LogP contribution is -2.30. The summed E-state index contributed by atoms with van der Waals surface area (Å²) >= 11 is 0. The summed E-state index contributed by atoms with van der Waals surface area (Å²) in [5.74, 6) is 0. The summed E-state index contributed by atoms with van der Waals surface area (Å²) in [6.45, 7) is 3.90. The Morgan fingerprint density at radius 3 is 2.43 bits per heavy atom. The first-order valence-corrected chi connectivity index (χ1v) is 8.60. The molecular weight excluding hydrogens is 282 g/mol. The molecule has 0 saturated carbocycles. The van der Waals surface area contributed by atoms with Crippen molar-refractivity contribution in [2.45, 2.75) is 36.5 Å². The van der Waals surface area contributed by atoms with Gasteiger partial charge in [0, 0.05) is 6.04 Å². The van der Waals surface area contributed by atoms with E-state index in [1.54, 1.807) is 12.1 Å². The molecule has 1 aliphatic carbocycles. The first-order chi connectivity index (χ1) is 9.91. The van der Waals surface area contributed by atoms with Crippen molar-refractivity contribution in [2.75, 3.05) is 0 Å². The summed E-state index contributed by atoms with van der Waals surface area (Å²) in [7, 11) is -3.42. The largest absolute Gasteiger partial charge is 0.323 e. The van der Waals surface area contributed by atoms with E-state index >= 15 is 0 Å². The SMILES string of the molecule is Cc1ccc(S(=O)(=O)C2Cc3ccccc3C2N)cc1C. The number of nitrogens with two attached hydrogens (primary N) is 1. The molecule has 4 heteroatoms. The minimum atomic E-state index is -3.42. The van der Waals surface area contributed by atoms with Gasteiger partial charge in [-0.2, -0.15) is 0 Å². The van der Waals surface area contributed by atoms with Crippen molar-refractivity contribution in [3.8, 4) is 0 Å². The van der Waals surface area contributed by atoms with Crippen LogP contribution in [-0.4, -0.2) is 13.7 Å². The number of aryl methyl sites for hydroxylation is 2. The zero-order valence-corrected chi connectivity index (χ0v) is 13.0. The molecule has 3 rings (SSSR count). The Morgan fingerprint density at radius 2 is 1.76 bits per heavy atom. The molecule has 2 aromatic rings. The smallest absolute Gasteiger partial charge is 0.183 e. The molecular formula is C17H19NO2S. The maximum absolute atomic E-state index is 12.9. The Labute approximate surface area is 125 Å². The molecule has 2 atom stereocenters. The van der Waals surface area contributed by atoms with E-state index in [9.17, 15) is 8.42 Å². The van der Waals surface area contributed by atoms with Crippen molar-refractivity contribution in [1.82, 2.24) is 0 Å². The quantitative estimate of drug-likeness (QED) is 0.927. The van der Waals surface area contributed by atoms with E-state index in [2.05, 4.69) is 0 Å². The summed E-state index contributed by atoms with van der Waals surface area (Å²) < 4.78 is 25.8. The average molecular weight is 301 g/mol. The van der Waals surface area contributed by atoms with Crippen LogP contribution in [0.2, 0.25) is 0 Å². The van der Waals surface area contributed by atoms with Crippen molar-refractivity contribution in [3.63, 3.8) is 0 Å². The van der Waals surface area contributed by atoms with Crippen LogP contribution in [0.25, 0.3) is 0 Å². The molecule has 3 nitrogen and oxygen atoms in total.